The summed E-state index contributed by atoms with van der Waals surface area (Å²) in [5.74, 6) is 0.0381. The highest BCUT2D eigenvalue weighted by Gasteiger charge is 2.16. The second kappa shape index (κ2) is 6.32. The van der Waals surface area contributed by atoms with Gasteiger partial charge in [-0.2, -0.15) is 0 Å². The number of aromatic nitrogens is 2. The molecule has 4 rings (SSSR count). The molecule has 1 N–H and O–H groups in total. The largest absolute Gasteiger partial charge is 0.339 e. The molecule has 0 spiro atoms. The lowest BCUT2D eigenvalue weighted by Gasteiger charge is -2.09. The van der Waals surface area contributed by atoms with Crippen molar-refractivity contribution < 1.29 is 13.2 Å². The predicted molar refractivity (Wildman–Crippen MR) is 107 cm³/mol. The van der Waals surface area contributed by atoms with Gasteiger partial charge in [0.1, 0.15) is 11.9 Å². The number of hydrogen-bond donors (Lipinski definition) is 1. The van der Waals surface area contributed by atoms with E-state index in [2.05, 4.69) is 9.97 Å². The number of aryl methyl sites for hydroxylation is 1. The summed E-state index contributed by atoms with van der Waals surface area (Å²) >= 11 is 0. The van der Waals surface area contributed by atoms with Crippen molar-refractivity contribution in [3.05, 3.63) is 59.8 Å². The van der Waals surface area contributed by atoms with Gasteiger partial charge in [-0.05, 0) is 53.9 Å². The standard InChI is InChI=1S/C21H18N2O3S/c1-3-27(25,26)16-6-4-5-15(10-16)17-8-14(12-24)9-19-20(17)18-7-13(2)11-22-21(18)23-19/h4-12H,3H2,1-2H3,(H,22,23). The third-order valence-corrected chi connectivity index (χ3v) is 6.46. The molecule has 0 atom stereocenters. The smallest absolute Gasteiger partial charge is 0.178 e. The Bertz CT molecular complexity index is 1300. The van der Waals surface area contributed by atoms with E-state index in [0.717, 1.165) is 44.9 Å². The van der Waals surface area contributed by atoms with Crippen LogP contribution in [0.5, 0.6) is 0 Å². The van der Waals surface area contributed by atoms with Gasteiger partial charge in [-0.3, -0.25) is 4.79 Å². The first-order chi connectivity index (χ1) is 12.9. The van der Waals surface area contributed by atoms with Crippen LogP contribution in [0.25, 0.3) is 33.1 Å². The van der Waals surface area contributed by atoms with Crippen LogP contribution in [0.15, 0.2) is 53.6 Å². The van der Waals surface area contributed by atoms with Crippen molar-refractivity contribution in [1.82, 2.24) is 9.97 Å². The number of fused-ring (bicyclic) bond motifs is 3. The number of pyridine rings is 1. The van der Waals surface area contributed by atoms with Gasteiger partial charge < -0.3 is 4.98 Å². The van der Waals surface area contributed by atoms with E-state index >= 15 is 0 Å². The highest BCUT2D eigenvalue weighted by atomic mass is 32.2. The maximum Gasteiger partial charge on any atom is 0.178 e. The minimum Gasteiger partial charge on any atom is -0.339 e. The first-order valence-electron chi connectivity index (χ1n) is 8.63. The molecule has 2 aromatic carbocycles. The molecule has 0 fully saturated rings. The van der Waals surface area contributed by atoms with Crippen LogP contribution in [-0.2, 0) is 9.84 Å². The molecule has 0 aliphatic carbocycles. The summed E-state index contributed by atoms with van der Waals surface area (Å²) < 4.78 is 24.6. The van der Waals surface area contributed by atoms with Crippen LogP contribution in [0.1, 0.15) is 22.8 Å². The number of carbonyl (C=O) groups is 1. The zero-order valence-electron chi connectivity index (χ0n) is 15.0. The molecule has 2 aromatic heterocycles. The number of aldehydes is 1. The number of H-pyrrole nitrogens is 1. The Labute approximate surface area is 157 Å². The SMILES string of the molecule is CCS(=O)(=O)c1cccc(-c2cc(C=O)cc3[nH]c4ncc(C)cc4c23)c1. The minimum absolute atomic E-state index is 0.0381. The van der Waals surface area contributed by atoms with Gasteiger partial charge in [0.15, 0.2) is 9.84 Å². The van der Waals surface area contributed by atoms with Crippen LogP contribution < -0.4 is 0 Å². The summed E-state index contributed by atoms with van der Waals surface area (Å²) in [6, 6.07) is 12.5. The van der Waals surface area contributed by atoms with Gasteiger partial charge >= 0.3 is 0 Å². The number of carbonyl (C=O) groups excluding carboxylic acids is 1. The molecule has 4 aromatic rings. The normalized spacial score (nSPS) is 11.9. The number of nitrogens with zero attached hydrogens (tertiary/aromatic N) is 1. The van der Waals surface area contributed by atoms with Gasteiger partial charge in [0, 0.05) is 28.0 Å². The van der Waals surface area contributed by atoms with Gasteiger partial charge in [0.25, 0.3) is 0 Å². The van der Waals surface area contributed by atoms with Crippen LogP contribution >= 0.6 is 0 Å². The number of sulfone groups is 1. The Morgan fingerprint density at radius 3 is 2.70 bits per heavy atom. The highest BCUT2D eigenvalue weighted by molar-refractivity contribution is 7.91. The molecule has 6 heteroatoms. The molecule has 0 aliphatic rings. The van der Waals surface area contributed by atoms with E-state index < -0.39 is 9.84 Å². The van der Waals surface area contributed by atoms with Crippen molar-refractivity contribution in [1.29, 1.82) is 0 Å². The second-order valence-corrected chi connectivity index (χ2v) is 8.85. The van der Waals surface area contributed by atoms with Gasteiger partial charge in [-0.1, -0.05) is 19.1 Å². The highest BCUT2D eigenvalue weighted by Crippen LogP contribution is 2.36. The Morgan fingerprint density at radius 2 is 1.96 bits per heavy atom. The van der Waals surface area contributed by atoms with Gasteiger partial charge in [-0.15, -0.1) is 0 Å². The van der Waals surface area contributed by atoms with Gasteiger partial charge in [0.2, 0.25) is 0 Å². The molecule has 0 radical (unpaired) electrons. The third-order valence-electron chi connectivity index (χ3n) is 4.73. The average Bonchev–Trinajstić information content (AvgIpc) is 3.04. The Morgan fingerprint density at radius 1 is 1.15 bits per heavy atom. The van der Waals surface area contributed by atoms with Gasteiger partial charge in [0.05, 0.1) is 10.6 Å². The van der Waals surface area contributed by atoms with Gasteiger partial charge in [-0.25, -0.2) is 13.4 Å². The summed E-state index contributed by atoms with van der Waals surface area (Å²) in [4.78, 5) is 19.4. The molecule has 0 saturated heterocycles. The fourth-order valence-corrected chi connectivity index (χ4v) is 4.29. The molecule has 0 amide bonds. The number of rotatable bonds is 4. The molecule has 0 aliphatic heterocycles. The van der Waals surface area contributed by atoms with Crippen LogP contribution in [0.2, 0.25) is 0 Å². The topological polar surface area (TPSA) is 79.9 Å². The zero-order valence-corrected chi connectivity index (χ0v) is 15.8. The molecule has 136 valence electrons. The lowest BCUT2D eigenvalue weighted by Crippen LogP contribution is -2.03. The quantitative estimate of drug-likeness (QED) is 0.537. The van der Waals surface area contributed by atoms with E-state index in [-0.39, 0.29) is 10.6 Å². The molecular weight excluding hydrogens is 360 g/mol. The lowest BCUT2D eigenvalue weighted by atomic mass is 9.97. The minimum atomic E-state index is -3.32. The van der Waals surface area contributed by atoms with E-state index in [1.54, 1.807) is 43.5 Å². The van der Waals surface area contributed by atoms with Crippen molar-refractivity contribution in [3.8, 4) is 11.1 Å². The first-order valence-corrected chi connectivity index (χ1v) is 10.3. The van der Waals surface area contributed by atoms with E-state index in [1.165, 1.54) is 0 Å². The molecule has 0 bridgehead atoms. The van der Waals surface area contributed by atoms with E-state index in [4.69, 9.17) is 0 Å². The maximum absolute atomic E-state index is 12.3. The lowest BCUT2D eigenvalue weighted by molar-refractivity contribution is 0.112. The van der Waals surface area contributed by atoms with Crippen LogP contribution in [0.4, 0.5) is 0 Å². The van der Waals surface area contributed by atoms with Crippen molar-refractivity contribution >= 4 is 38.1 Å². The van der Waals surface area contributed by atoms with Crippen LogP contribution in [-0.4, -0.2) is 30.4 Å². The first kappa shape index (κ1) is 17.4. The summed E-state index contributed by atoms with van der Waals surface area (Å²) in [5.41, 5.74) is 4.63. The van der Waals surface area contributed by atoms with Crippen LogP contribution in [0, 0.1) is 6.92 Å². The van der Waals surface area contributed by atoms with Crippen molar-refractivity contribution in [3.63, 3.8) is 0 Å². The molecule has 2 heterocycles. The fourth-order valence-electron chi connectivity index (χ4n) is 3.36. The summed E-state index contributed by atoms with van der Waals surface area (Å²) in [6.07, 6.45) is 2.58. The number of aromatic amines is 1. The molecule has 0 unspecified atom stereocenters. The Balaban J connectivity index is 2.09. The monoisotopic (exact) mass is 378 g/mol. The molecule has 27 heavy (non-hydrogen) atoms. The molecule has 5 nitrogen and oxygen atoms in total. The number of nitrogens with one attached hydrogen (secondary N) is 1. The average molecular weight is 378 g/mol. The van der Waals surface area contributed by atoms with E-state index in [1.807, 2.05) is 19.1 Å². The second-order valence-electron chi connectivity index (χ2n) is 6.57. The summed E-state index contributed by atoms with van der Waals surface area (Å²) in [5, 5.41) is 1.87. The van der Waals surface area contributed by atoms with E-state index in [0.29, 0.717) is 5.56 Å². The van der Waals surface area contributed by atoms with Crippen LogP contribution in [0.3, 0.4) is 0 Å². The molecule has 0 saturated carbocycles. The zero-order chi connectivity index (χ0) is 19.2. The maximum atomic E-state index is 12.3. The fraction of sp³-hybridized carbons (Fsp3) is 0.143. The summed E-state index contributed by atoms with van der Waals surface area (Å²) in [7, 11) is -3.32. The van der Waals surface area contributed by atoms with Crippen molar-refractivity contribution in [2.45, 2.75) is 18.7 Å². The summed E-state index contributed by atoms with van der Waals surface area (Å²) in [6.45, 7) is 3.60. The Hall–Kier alpha value is -2.99. The Kier molecular flexibility index (Phi) is 4.08. The van der Waals surface area contributed by atoms with Crippen molar-refractivity contribution in [2.24, 2.45) is 0 Å². The third kappa shape index (κ3) is 2.92. The number of hydrogen-bond acceptors (Lipinski definition) is 4. The predicted octanol–water partition coefficient (Wildman–Crippen LogP) is 4.30. The molecular formula is C21H18N2O3S. The van der Waals surface area contributed by atoms with Crippen molar-refractivity contribution in [2.75, 3.05) is 5.75 Å². The van der Waals surface area contributed by atoms with E-state index in [9.17, 15) is 13.2 Å². The number of benzene rings is 2.